The Labute approximate surface area is 55.1 Å². The predicted molar refractivity (Wildman–Crippen MR) is 36.7 cm³/mol. The van der Waals surface area contributed by atoms with Gasteiger partial charge in [-0.15, -0.1) is 0 Å². The lowest BCUT2D eigenvalue weighted by molar-refractivity contribution is 0.324. The van der Waals surface area contributed by atoms with E-state index in [0.29, 0.717) is 0 Å². The molecule has 0 saturated heterocycles. The fraction of sp³-hybridized carbons (Fsp3) is 0.429. The van der Waals surface area contributed by atoms with Crippen molar-refractivity contribution in [1.29, 1.82) is 0 Å². The fourth-order valence-electron chi connectivity index (χ4n) is 0.859. The molecule has 0 bridgehead atoms. The highest BCUT2D eigenvalue weighted by atomic mass is 16.3. The van der Waals surface area contributed by atoms with E-state index in [9.17, 15) is 0 Å². The number of hydrogen-bond acceptors (Lipinski definition) is 2. The summed E-state index contributed by atoms with van der Waals surface area (Å²) in [5.41, 5.74) is 1.07. The monoisotopic (exact) mass is 125 g/mol. The van der Waals surface area contributed by atoms with E-state index in [1.54, 1.807) is 0 Å². The number of rotatable bonds is 1. The van der Waals surface area contributed by atoms with Crippen molar-refractivity contribution in [3.63, 3.8) is 0 Å². The summed E-state index contributed by atoms with van der Waals surface area (Å²) in [5, 5.41) is 8.68. The van der Waals surface area contributed by atoms with Crippen LogP contribution in [0.4, 0.5) is 0 Å². The number of aliphatic hydroxyl groups excluding tert-OH is 1. The SMILES string of the molecule is CN1C=CCC(CO)=C1. The number of nitrogens with zero attached hydrogens (tertiary/aromatic N) is 1. The summed E-state index contributed by atoms with van der Waals surface area (Å²) in [7, 11) is 1.95. The third-order valence-corrected chi connectivity index (χ3v) is 1.31. The van der Waals surface area contributed by atoms with E-state index in [1.807, 2.05) is 30.4 Å². The molecule has 2 nitrogen and oxygen atoms in total. The Bertz CT molecular complexity index is 149. The van der Waals surface area contributed by atoms with Crippen molar-refractivity contribution in [1.82, 2.24) is 4.90 Å². The molecule has 1 aliphatic rings. The van der Waals surface area contributed by atoms with Gasteiger partial charge in [0.15, 0.2) is 0 Å². The third-order valence-electron chi connectivity index (χ3n) is 1.31. The van der Waals surface area contributed by atoms with Crippen LogP contribution in [-0.4, -0.2) is 23.7 Å². The van der Waals surface area contributed by atoms with Gasteiger partial charge in [-0.1, -0.05) is 6.08 Å². The lowest BCUT2D eigenvalue weighted by atomic mass is 10.2. The standard InChI is InChI=1S/C7H11NO/c1-8-4-2-3-7(5-8)6-9/h2,4-5,9H,3,6H2,1H3. The van der Waals surface area contributed by atoms with Crippen LogP contribution in [0.25, 0.3) is 0 Å². The first kappa shape index (κ1) is 6.36. The van der Waals surface area contributed by atoms with Gasteiger partial charge in [0.2, 0.25) is 0 Å². The second-order valence-corrected chi connectivity index (χ2v) is 2.20. The second-order valence-electron chi connectivity index (χ2n) is 2.20. The number of allylic oxidation sites excluding steroid dienone is 1. The van der Waals surface area contributed by atoms with Gasteiger partial charge < -0.3 is 10.0 Å². The molecule has 0 unspecified atom stereocenters. The van der Waals surface area contributed by atoms with Crippen molar-refractivity contribution in [3.05, 3.63) is 24.0 Å². The molecule has 0 aromatic carbocycles. The lowest BCUT2D eigenvalue weighted by Gasteiger charge is -2.14. The first-order chi connectivity index (χ1) is 4.33. The van der Waals surface area contributed by atoms with Crippen molar-refractivity contribution in [2.75, 3.05) is 13.7 Å². The summed E-state index contributed by atoms with van der Waals surface area (Å²) < 4.78 is 0. The molecule has 0 aromatic heterocycles. The van der Waals surface area contributed by atoms with Crippen molar-refractivity contribution in [2.45, 2.75) is 6.42 Å². The van der Waals surface area contributed by atoms with Crippen LogP contribution in [0.2, 0.25) is 0 Å². The van der Waals surface area contributed by atoms with Crippen LogP contribution < -0.4 is 0 Å². The molecule has 0 atom stereocenters. The Morgan fingerprint density at radius 1 is 1.78 bits per heavy atom. The summed E-state index contributed by atoms with van der Waals surface area (Å²) in [6, 6.07) is 0. The van der Waals surface area contributed by atoms with Gasteiger partial charge in [0.25, 0.3) is 0 Å². The lowest BCUT2D eigenvalue weighted by Crippen LogP contribution is -2.07. The minimum Gasteiger partial charge on any atom is -0.392 e. The molecule has 9 heavy (non-hydrogen) atoms. The molecule has 0 saturated carbocycles. The van der Waals surface area contributed by atoms with Crippen molar-refractivity contribution in [2.24, 2.45) is 0 Å². The van der Waals surface area contributed by atoms with Gasteiger partial charge in [0.05, 0.1) is 6.61 Å². The second kappa shape index (κ2) is 2.69. The maximum atomic E-state index is 8.68. The van der Waals surface area contributed by atoms with Crippen molar-refractivity contribution < 1.29 is 5.11 Å². The van der Waals surface area contributed by atoms with E-state index >= 15 is 0 Å². The number of hydrogen-bond donors (Lipinski definition) is 1. The zero-order valence-corrected chi connectivity index (χ0v) is 5.54. The average molecular weight is 125 g/mol. The molecule has 0 aliphatic carbocycles. The largest absolute Gasteiger partial charge is 0.392 e. The molecular formula is C7H11NO. The van der Waals surface area contributed by atoms with E-state index in [1.165, 1.54) is 0 Å². The molecule has 1 heterocycles. The van der Waals surface area contributed by atoms with Gasteiger partial charge in [0, 0.05) is 13.2 Å². The molecule has 0 fully saturated rings. The van der Waals surface area contributed by atoms with Crippen LogP contribution in [-0.2, 0) is 0 Å². The van der Waals surface area contributed by atoms with Gasteiger partial charge in [-0.2, -0.15) is 0 Å². The molecule has 2 heteroatoms. The zero-order chi connectivity index (χ0) is 6.69. The van der Waals surface area contributed by atoms with Gasteiger partial charge in [0.1, 0.15) is 0 Å². The van der Waals surface area contributed by atoms with Gasteiger partial charge >= 0.3 is 0 Å². The van der Waals surface area contributed by atoms with Crippen LogP contribution in [0, 0.1) is 0 Å². The maximum absolute atomic E-state index is 8.68. The summed E-state index contributed by atoms with van der Waals surface area (Å²) in [6.45, 7) is 0.175. The van der Waals surface area contributed by atoms with Crippen LogP contribution in [0.15, 0.2) is 24.0 Å². The maximum Gasteiger partial charge on any atom is 0.0661 e. The Hall–Kier alpha value is -0.760. The zero-order valence-electron chi connectivity index (χ0n) is 5.54. The minimum atomic E-state index is 0.175. The Morgan fingerprint density at radius 3 is 3.00 bits per heavy atom. The highest BCUT2D eigenvalue weighted by Crippen LogP contribution is 2.08. The highest BCUT2D eigenvalue weighted by molar-refractivity contribution is 5.12. The Balaban J connectivity index is 2.55. The summed E-state index contributed by atoms with van der Waals surface area (Å²) in [4.78, 5) is 1.94. The topological polar surface area (TPSA) is 23.5 Å². The first-order valence-electron chi connectivity index (χ1n) is 3.02. The molecule has 0 radical (unpaired) electrons. The van der Waals surface area contributed by atoms with E-state index in [-0.39, 0.29) is 6.61 Å². The van der Waals surface area contributed by atoms with E-state index in [4.69, 9.17) is 5.11 Å². The summed E-state index contributed by atoms with van der Waals surface area (Å²) in [6.07, 6.45) is 6.85. The molecule has 1 N–H and O–H groups in total. The number of aliphatic hydroxyl groups is 1. The van der Waals surface area contributed by atoms with Crippen LogP contribution in [0.3, 0.4) is 0 Å². The van der Waals surface area contributed by atoms with E-state index in [0.717, 1.165) is 12.0 Å². The molecule has 0 amide bonds. The highest BCUT2D eigenvalue weighted by Gasteiger charge is 1.98. The van der Waals surface area contributed by atoms with Crippen molar-refractivity contribution >= 4 is 0 Å². The van der Waals surface area contributed by atoms with Crippen LogP contribution in [0.5, 0.6) is 0 Å². The Kier molecular flexibility index (Phi) is 1.90. The molecule has 0 spiro atoms. The van der Waals surface area contributed by atoms with Crippen LogP contribution in [0.1, 0.15) is 6.42 Å². The average Bonchev–Trinajstić information content (AvgIpc) is 1.88. The molecule has 0 aromatic rings. The summed E-state index contributed by atoms with van der Waals surface area (Å²) in [5.74, 6) is 0. The normalized spacial score (nSPS) is 18.0. The predicted octanol–water partition coefficient (Wildman–Crippen LogP) is 0.712. The smallest absolute Gasteiger partial charge is 0.0661 e. The Morgan fingerprint density at radius 2 is 2.56 bits per heavy atom. The van der Waals surface area contributed by atoms with E-state index in [2.05, 4.69) is 0 Å². The van der Waals surface area contributed by atoms with Gasteiger partial charge in [-0.05, 0) is 18.2 Å². The third kappa shape index (κ3) is 1.57. The fourth-order valence-corrected chi connectivity index (χ4v) is 0.859. The molecular weight excluding hydrogens is 114 g/mol. The van der Waals surface area contributed by atoms with Crippen LogP contribution >= 0.6 is 0 Å². The molecule has 1 aliphatic heterocycles. The molecule has 1 rings (SSSR count). The summed E-state index contributed by atoms with van der Waals surface area (Å²) >= 11 is 0. The molecule has 50 valence electrons. The minimum absolute atomic E-state index is 0.175. The van der Waals surface area contributed by atoms with Gasteiger partial charge in [-0.3, -0.25) is 0 Å². The van der Waals surface area contributed by atoms with Gasteiger partial charge in [-0.25, -0.2) is 0 Å². The quantitative estimate of drug-likeness (QED) is 0.558. The first-order valence-corrected chi connectivity index (χ1v) is 3.02. The van der Waals surface area contributed by atoms with Crippen molar-refractivity contribution in [3.8, 4) is 0 Å². The van der Waals surface area contributed by atoms with E-state index < -0.39 is 0 Å².